The third kappa shape index (κ3) is 2.71. The lowest BCUT2D eigenvalue weighted by Gasteiger charge is -2.05. The fourth-order valence-electron chi connectivity index (χ4n) is 2.16. The first-order chi connectivity index (χ1) is 10.4. The lowest BCUT2D eigenvalue weighted by atomic mass is 10.2. The molecule has 3 aromatic rings. The van der Waals surface area contributed by atoms with Gasteiger partial charge in [0.15, 0.2) is 0 Å². The van der Waals surface area contributed by atoms with Gasteiger partial charge in [-0.25, -0.2) is 9.50 Å². The van der Waals surface area contributed by atoms with E-state index in [0.29, 0.717) is 11.5 Å². The second kappa shape index (κ2) is 5.49. The number of carbonyl (C=O) groups is 1. The molecule has 0 bridgehead atoms. The number of halogens is 1. The van der Waals surface area contributed by atoms with Gasteiger partial charge in [-0.2, -0.15) is 4.98 Å². The maximum Gasteiger partial charge on any atom is 0.295 e. The molecule has 0 saturated heterocycles. The molecule has 112 valence electrons. The maximum absolute atomic E-state index is 12.3. The summed E-state index contributed by atoms with van der Waals surface area (Å²) in [5.41, 5.74) is 3.50. The molecule has 0 atom stereocenters. The van der Waals surface area contributed by atoms with E-state index in [2.05, 4.69) is 36.3 Å². The summed E-state index contributed by atoms with van der Waals surface area (Å²) in [5.74, 6) is 0.145. The summed E-state index contributed by atoms with van der Waals surface area (Å²) >= 11 is 3.43. The molecule has 2 aromatic heterocycles. The summed E-state index contributed by atoms with van der Waals surface area (Å²) in [6.07, 6.45) is 0. The number of anilines is 1. The molecule has 1 amide bonds. The van der Waals surface area contributed by atoms with Crippen molar-refractivity contribution < 1.29 is 4.79 Å². The Morgan fingerprint density at radius 2 is 1.95 bits per heavy atom. The minimum atomic E-state index is -0.368. The molecule has 0 saturated carbocycles. The number of carbonyl (C=O) groups excluding carboxylic acids is 1. The standard InChI is InChI=1S/C15H14BrN5O/c1-8-4-5-12(11(16)6-8)18-14(22)13-19-15-17-9(2)7-10(3)21(15)20-13/h4-7H,1-3H3,(H,18,22). The molecule has 0 aliphatic heterocycles. The highest BCUT2D eigenvalue weighted by Gasteiger charge is 2.16. The van der Waals surface area contributed by atoms with Crippen molar-refractivity contribution in [1.29, 1.82) is 0 Å². The summed E-state index contributed by atoms with van der Waals surface area (Å²) in [6.45, 7) is 5.76. The highest BCUT2D eigenvalue weighted by atomic mass is 79.9. The van der Waals surface area contributed by atoms with Crippen molar-refractivity contribution >= 4 is 33.3 Å². The second-order valence-corrected chi connectivity index (χ2v) is 5.98. The third-order valence-electron chi connectivity index (χ3n) is 3.19. The zero-order chi connectivity index (χ0) is 15.9. The predicted octanol–water partition coefficient (Wildman–Crippen LogP) is 3.06. The zero-order valence-corrected chi connectivity index (χ0v) is 14.0. The van der Waals surface area contributed by atoms with Crippen LogP contribution < -0.4 is 5.32 Å². The summed E-state index contributed by atoms with van der Waals surface area (Å²) in [6, 6.07) is 7.58. The Morgan fingerprint density at radius 3 is 2.68 bits per heavy atom. The minimum Gasteiger partial charge on any atom is -0.318 e. The van der Waals surface area contributed by atoms with Gasteiger partial charge in [0.1, 0.15) is 0 Å². The topological polar surface area (TPSA) is 72.2 Å². The number of fused-ring (bicyclic) bond motifs is 1. The monoisotopic (exact) mass is 359 g/mol. The first-order valence-electron chi connectivity index (χ1n) is 6.72. The maximum atomic E-state index is 12.3. The van der Waals surface area contributed by atoms with E-state index in [-0.39, 0.29) is 11.7 Å². The Balaban J connectivity index is 1.93. The van der Waals surface area contributed by atoms with Gasteiger partial charge < -0.3 is 5.32 Å². The van der Waals surface area contributed by atoms with Gasteiger partial charge in [0.05, 0.1) is 5.69 Å². The molecule has 0 fully saturated rings. The molecule has 6 nitrogen and oxygen atoms in total. The normalized spacial score (nSPS) is 10.9. The van der Waals surface area contributed by atoms with Gasteiger partial charge in [0, 0.05) is 15.9 Å². The smallest absolute Gasteiger partial charge is 0.295 e. The van der Waals surface area contributed by atoms with Crippen LogP contribution in [0.2, 0.25) is 0 Å². The van der Waals surface area contributed by atoms with Crippen molar-refractivity contribution in [2.24, 2.45) is 0 Å². The minimum absolute atomic E-state index is 0.0914. The van der Waals surface area contributed by atoms with Gasteiger partial charge in [-0.1, -0.05) is 6.07 Å². The van der Waals surface area contributed by atoms with E-state index in [1.807, 2.05) is 45.0 Å². The molecule has 1 N–H and O–H groups in total. The molecule has 0 aliphatic carbocycles. The van der Waals surface area contributed by atoms with Crippen LogP contribution in [0, 0.1) is 20.8 Å². The number of amides is 1. The molecular formula is C15H14BrN5O. The van der Waals surface area contributed by atoms with E-state index in [1.54, 1.807) is 4.52 Å². The highest BCUT2D eigenvalue weighted by Crippen LogP contribution is 2.23. The average molecular weight is 360 g/mol. The van der Waals surface area contributed by atoms with Crippen LogP contribution in [0.15, 0.2) is 28.7 Å². The number of nitrogens with zero attached hydrogens (tertiary/aromatic N) is 4. The summed E-state index contributed by atoms with van der Waals surface area (Å²) in [5, 5.41) is 7.01. The molecule has 22 heavy (non-hydrogen) atoms. The van der Waals surface area contributed by atoms with Crippen LogP contribution in [0.5, 0.6) is 0 Å². The Bertz CT molecular complexity index is 887. The van der Waals surface area contributed by atoms with Gasteiger partial charge in [0.2, 0.25) is 5.82 Å². The van der Waals surface area contributed by atoms with Crippen LogP contribution in [0.3, 0.4) is 0 Å². The number of rotatable bonds is 2. The number of hydrogen-bond donors (Lipinski definition) is 1. The number of aromatic nitrogens is 4. The summed E-state index contributed by atoms with van der Waals surface area (Å²) < 4.78 is 2.38. The molecule has 1 aromatic carbocycles. The number of benzene rings is 1. The van der Waals surface area contributed by atoms with Crippen molar-refractivity contribution in [2.75, 3.05) is 5.32 Å². The molecule has 2 heterocycles. The molecule has 7 heteroatoms. The van der Waals surface area contributed by atoms with Crippen LogP contribution in [-0.4, -0.2) is 25.5 Å². The Morgan fingerprint density at radius 1 is 1.18 bits per heavy atom. The fraction of sp³-hybridized carbons (Fsp3) is 0.200. The molecule has 0 aliphatic rings. The van der Waals surface area contributed by atoms with Crippen LogP contribution in [-0.2, 0) is 0 Å². The van der Waals surface area contributed by atoms with Crippen molar-refractivity contribution in [2.45, 2.75) is 20.8 Å². The van der Waals surface area contributed by atoms with E-state index in [0.717, 1.165) is 21.4 Å². The van der Waals surface area contributed by atoms with E-state index < -0.39 is 0 Å². The van der Waals surface area contributed by atoms with Crippen molar-refractivity contribution in [3.8, 4) is 0 Å². The van der Waals surface area contributed by atoms with Crippen LogP contribution >= 0.6 is 15.9 Å². The first-order valence-corrected chi connectivity index (χ1v) is 7.52. The molecule has 3 rings (SSSR count). The van der Waals surface area contributed by atoms with Crippen molar-refractivity contribution in [3.05, 3.63) is 51.5 Å². The number of nitrogens with one attached hydrogen (secondary N) is 1. The number of hydrogen-bond acceptors (Lipinski definition) is 4. The van der Waals surface area contributed by atoms with E-state index in [1.165, 1.54) is 0 Å². The van der Waals surface area contributed by atoms with E-state index in [9.17, 15) is 4.79 Å². The Kier molecular flexibility index (Phi) is 3.66. The quantitative estimate of drug-likeness (QED) is 0.763. The van der Waals surface area contributed by atoms with Crippen LogP contribution in [0.25, 0.3) is 5.78 Å². The van der Waals surface area contributed by atoms with Gasteiger partial charge in [-0.05, 0) is 60.5 Å². The second-order valence-electron chi connectivity index (χ2n) is 5.12. The van der Waals surface area contributed by atoms with Crippen molar-refractivity contribution in [3.63, 3.8) is 0 Å². The van der Waals surface area contributed by atoms with Gasteiger partial charge in [-0.15, -0.1) is 5.10 Å². The van der Waals surface area contributed by atoms with E-state index in [4.69, 9.17) is 0 Å². The largest absolute Gasteiger partial charge is 0.318 e. The van der Waals surface area contributed by atoms with Gasteiger partial charge in [-0.3, -0.25) is 4.79 Å². The lowest BCUT2D eigenvalue weighted by molar-refractivity contribution is 0.101. The average Bonchev–Trinajstić information content (AvgIpc) is 2.86. The lowest BCUT2D eigenvalue weighted by Crippen LogP contribution is -2.14. The Labute approximate surface area is 135 Å². The third-order valence-corrected chi connectivity index (χ3v) is 3.85. The Hall–Kier alpha value is -2.28. The molecule has 0 radical (unpaired) electrons. The SMILES string of the molecule is Cc1ccc(NC(=O)c2nc3nc(C)cc(C)n3n2)c(Br)c1. The zero-order valence-electron chi connectivity index (χ0n) is 12.4. The summed E-state index contributed by atoms with van der Waals surface area (Å²) in [4.78, 5) is 20.8. The highest BCUT2D eigenvalue weighted by molar-refractivity contribution is 9.10. The summed E-state index contributed by atoms with van der Waals surface area (Å²) in [7, 11) is 0. The van der Waals surface area contributed by atoms with E-state index >= 15 is 0 Å². The molecule has 0 spiro atoms. The van der Waals surface area contributed by atoms with Crippen LogP contribution in [0.4, 0.5) is 5.69 Å². The molecule has 0 unspecified atom stereocenters. The fourth-order valence-corrected chi connectivity index (χ4v) is 2.75. The first kappa shape index (κ1) is 14.6. The van der Waals surface area contributed by atoms with Crippen molar-refractivity contribution in [1.82, 2.24) is 19.6 Å². The molecular weight excluding hydrogens is 346 g/mol. The van der Waals surface area contributed by atoms with Crippen LogP contribution in [0.1, 0.15) is 27.6 Å². The number of aryl methyl sites for hydroxylation is 3. The van der Waals surface area contributed by atoms with Gasteiger partial charge >= 0.3 is 0 Å². The predicted molar refractivity (Wildman–Crippen MR) is 87.1 cm³/mol. The van der Waals surface area contributed by atoms with Gasteiger partial charge in [0.25, 0.3) is 11.7 Å².